The van der Waals surface area contributed by atoms with Gasteiger partial charge in [-0.1, -0.05) is 25.1 Å². The second-order valence-electron chi connectivity index (χ2n) is 7.02. The number of rotatable bonds is 9. The third-order valence-corrected chi connectivity index (χ3v) is 4.89. The number of nitrogens with one attached hydrogen (secondary N) is 2. The average Bonchev–Trinajstić information content (AvgIpc) is 2.68. The minimum Gasteiger partial charge on any atom is -0.496 e. The summed E-state index contributed by atoms with van der Waals surface area (Å²) in [6.07, 6.45) is 0.934. The Bertz CT molecular complexity index is 615. The summed E-state index contributed by atoms with van der Waals surface area (Å²) in [7, 11) is 1.63. The number of hydrogen-bond donors (Lipinski definition) is 2. The molecule has 1 aliphatic heterocycles. The van der Waals surface area contributed by atoms with Gasteiger partial charge in [-0.25, -0.2) is 0 Å². The number of hydrogen-bond acceptors (Lipinski definition) is 5. The second kappa shape index (κ2) is 10.9. The molecule has 1 fully saturated rings. The number of ether oxygens (including phenoxy) is 1. The fourth-order valence-electron chi connectivity index (χ4n) is 3.03. The van der Waals surface area contributed by atoms with Crippen molar-refractivity contribution in [2.24, 2.45) is 0 Å². The van der Waals surface area contributed by atoms with Crippen LogP contribution in [-0.2, 0) is 16.1 Å². The largest absolute Gasteiger partial charge is 0.496 e. The van der Waals surface area contributed by atoms with E-state index in [1.165, 1.54) is 0 Å². The molecule has 1 aromatic carbocycles. The number of amides is 2. The van der Waals surface area contributed by atoms with E-state index in [2.05, 4.69) is 27.4 Å². The van der Waals surface area contributed by atoms with Gasteiger partial charge in [-0.15, -0.1) is 0 Å². The van der Waals surface area contributed by atoms with E-state index < -0.39 is 0 Å². The molecule has 1 aliphatic rings. The van der Waals surface area contributed by atoms with E-state index in [-0.39, 0.29) is 17.9 Å². The summed E-state index contributed by atoms with van der Waals surface area (Å²) in [4.78, 5) is 28.5. The Hall–Kier alpha value is -2.12. The molecule has 27 heavy (non-hydrogen) atoms. The van der Waals surface area contributed by atoms with Crippen LogP contribution in [0.4, 0.5) is 0 Å². The first-order valence-electron chi connectivity index (χ1n) is 9.64. The molecule has 2 N–H and O–H groups in total. The summed E-state index contributed by atoms with van der Waals surface area (Å²) >= 11 is 0. The number of methoxy groups -OCH3 is 1. The highest BCUT2D eigenvalue weighted by atomic mass is 16.5. The second-order valence-corrected chi connectivity index (χ2v) is 7.02. The Morgan fingerprint density at radius 1 is 1.07 bits per heavy atom. The lowest BCUT2D eigenvalue weighted by atomic mass is 10.2. The normalized spacial score (nSPS) is 16.6. The van der Waals surface area contributed by atoms with Gasteiger partial charge in [-0.05, 0) is 19.4 Å². The maximum atomic E-state index is 12.2. The van der Waals surface area contributed by atoms with Gasteiger partial charge in [0.05, 0.1) is 20.2 Å². The summed E-state index contributed by atoms with van der Waals surface area (Å²) in [6, 6.07) is 7.89. The number of piperazine rings is 1. The first kappa shape index (κ1) is 21.2. The van der Waals surface area contributed by atoms with E-state index in [0.717, 1.165) is 43.9 Å². The van der Waals surface area contributed by atoms with E-state index in [9.17, 15) is 9.59 Å². The van der Waals surface area contributed by atoms with Crippen molar-refractivity contribution in [3.63, 3.8) is 0 Å². The molecule has 2 amide bonds. The van der Waals surface area contributed by atoms with Crippen LogP contribution >= 0.6 is 0 Å². The zero-order valence-corrected chi connectivity index (χ0v) is 16.7. The Kier molecular flexibility index (Phi) is 8.54. The van der Waals surface area contributed by atoms with Crippen molar-refractivity contribution in [2.75, 3.05) is 46.4 Å². The molecule has 0 spiro atoms. The van der Waals surface area contributed by atoms with Crippen LogP contribution in [0.25, 0.3) is 0 Å². The predicted octanol–water partition coefficient (Wildman–Crippen LogP) is 0.844. The van der Waals surface area contributed by atoms with Gasteiger partial charge in [-0.2, -0.15) is 0 Å². The molecule has 1 heterocycles. The lowest BCUT2D eigenvalue weighted by Gasteiger charge is -2.34. The molecule has 0 aliphatic carbocycles. The van der Waals surface area contributed by atoms with Gasteiger partial charge < -0.3 is 15.4 Å². The highest BCUT2D eigenvalue weighted by Gasteiger charge is 2.21. The third-order valence-electron chi connectivity index (χ3n) is 4.89. The first-order chi connectivity index (χ1) is 13.0. The Labute approximate surface area is 162 Å². The minimum absolute atomic E-state index is 0.00358. The van der Waals surface area contributed by atoms with Crippen LogP contribution in [0.15, 0.2) is 24.3 Å². The number of benzene rings is 1. The zero-order chi connectivity index (χ0) is 19.6. The molecule has 1 unspecified atom stereocenters. The van der Waals surface area contributed by atoms with Gasteiger partial charge in [-0.3, -0.25) is 19.4 Å². The maximum absolute atomic E-state index is 12.2. The van der Waals surface area contributed by atoms with Gasteiger partial charge in [0.1, 0.15) is 5.75 Å². The molecular weight excluding hydrogens is 344 g/mol. The van der Waals surface area contributed by atoms with Crippen LogP contribution in [0.5, 0.6) is 5.75 Å². The van der Waals surface area contributed by atoms with Crippen molar-refractivity contribution in [3.8, 4) is 5.75 Å². The van der Waals surface area contributed by atoms with Gasteiger partial charge in [0.2, 0.25) is 11.8 Å². The highest BCUT2D eigenvalue weighted by molar-refractivity contribution is 5.78. The molecule has 1 saturated heterocycles. The average molecular weight is 377 g/mol. The molecular formula is C20H32N4O3. The van der Waals surface area contributed by atoms with Crippen molar-refractivity contribution in [3.05, 3.63) is 29.8 Å². The van der Waals surface area contributed by atoms with E-state index in [1.54, 1.807) is 7.11 Å². The number of carbonyl (C=O) groups is 2. The molecule has 1 aromatic rings. The lowest BCUT2D eigenvalue weighted by Crippen LogP contribution is -2.52. The number of para-hydroxylation sites is 1. The topological polar surface area (TPSA) is 73.9 Å². The number of nitrogens with zero attached hydrogens (tertiary/aromatic N) is 2. The van der Waals surface area contributed by atoms with E-state index in [4.69, 9.17) is 4.74 Å². The molecule has 0 radical (unpaired) electrons. The Morgan fingerprint density at radius 3 is 2.26 bits per heavy atom. The van der Waals surface area contributed by atoms with Gasteiger partial charge in [0.25, 0.3) is 0 Å². The molecule has 150 valence electrons. The van der Waals surface area contributed by atoms with Crippen LogP contribution in [0.1, 0.15) is 25.8 Å². The quantitative estimate of drug-likeness (QED) is 0.668. The summed E-state index contributed by atoms with van der Waals surface area (Å²) in [6.45, 7) is 8.51. The van der Waals surface area contributed by atoms with Crippen LogP contribution in [0.2, 0.25) is 0 Å². The molecule has 0 saturated carbocycles. The van der Waals surface area contributed by atoms with Crippen molar-refractivity contribution in [1.82, 2.24) is 20.4 Å². The summed E-state index contributed by atoms with van der Waals surface area (Å²) in [5.41, 5.74) is 0.963. The molecule has 1 atom stereocenters. The molecule has 0 bridgehead atoms. The number of carbonyl (C=O) groups excluding carboxylic acids is 2. The maximum Gasteiger partial charge on any atom is 0.234 e. The predicted molar refractivity (Wildman–Crippen MR) is 106 cm³/mol. The van der Waals surface area contributed by atoms with Gasteiger partial charge in [0.15, 0.2) is 0 Å². The summed E-state index contributed by atoms with van der Waals surface area (Å²) in [5.74, 6) is 0.860. The van der Waals surface area contributed by atoms with Crippen LogP contribution in [0.3, 0.4) is 0 Å². The Morgan fingerprint density at radius 2 is 1.67 bits per heavy atom. The van der Waals surface area contributed by atoms with Gasteiger partial charge >= 0.3 is 0 Å². The van der Waals surface area contributed by atoms with E-state index in [0.29, 0.717) is 19.6 Å². The smallest absolute Gasteiger partial charge is 0.234 e. The molecule has 7 heteroatoms. The fourth-order valence-corrected chi connectivity index (χ4v) is 3.03. The van der Waals surface area contributed by atoms with Crippen molar-refractivity contribution >= 4 is 11.8 Å². The van der Waals surface area contributed by atoms with Crippen molar-refractivity contribution in [1.29, 1.82) is 0 Å². The summed E-state index contributed by atoms with van der Waals surface area (Å²) in [5, 5.41) is 5.95. The minimum atomic E-state index is 0.00358. The van der Waals surface area contributed by atoms with Crippen molar-refractivity contribution < 1.29 is 14.3 Å². The van der Waals surface area contributed by atoms with Gasteiger partial charge in [0, 0.05) is 44.3 Å². The lowest BCUT2D eigenvalue weighted by molar-refractivity contribution is -0.125. The highest BCUT2D eigenvalue weighted by Crippen LogP contribution is 2.16. The van der Waals surface area contributed by atoms with Crippen LogP contribution in [0, 0.1) is 0 Å². The molecule has 7 nitrogen and oxygen atoms in total. The van der Waals surface area contributed by atoms with Crippen LogP contribution in [-0.4, -0.2) is 74.0 Å². The fraction of sp³-hybridized carbons (Fsp3) is 0.600. The Balaban J connectivity index is 1.67. The summed E-state index contributed by atoms with van der Waals surface area (Å²) < 4.78 is 5.30. The SMILES string of the molecule is CCC(C)NC(=O)CN1CCN(CC(=O)NCc2ccccc2OC)CC1. The standard InChI is InChI=1S/C20H32N4O3/c1-4-16(2)22-20(26)15-24-11-9-23(10-12-24)14-19(25)21-13-17-7-5-6-8-18(17)27-3/h5-8,16H,4,9-15H2,1-3H3,(H,21,25)(H,22,26). The van der Waals surface area contributed by atoms with Crippen LogP contribution < -0.4 is 15.4 Å². The van der Waals surface area contributed by atoms with E-state index in [1.807, 2.05) is 31.2 Å². The van der Waals surface area contributed by atoms with Crippen molar-refractivity contribution in [2.45, 2.75) is 32.9 Å². The molecule has 0 aromatic heterocycles. The first-order valence-corrected chi connectivity index (χ1v) is 9.64. The molecule has 2 rings (SSSR count). The third kappa shape index (κ3) is 7.19. The monoisotopic (exact) mass is 376 g/mol. The zero-order valence-electron chi connectivity index (χ0n) is 16.7. The van der Waals surface area contributed by atoms with E-state index >= 15 is 0 Å².